The highest BCUT2D eigenvalue weighted by molar-refractivity contribution is 5.81. The predicted molar refractivity (Wildman–Crippen MR) is 101 cm³/mol. The minimum atomic E-state index is -0.364. The van der Waals surface area contributed by atoms with Gasteiger partial charge in [-0.2, -0.15) is 0 Å². The maximum absolute atomic E-state index is 11.8. The number of unbranched alkanes of at least 4 members (excludes halogenated alkanes) is 2. The lowest BCUT2D eigenvalue weighted by atomic mass is 9.89. The first-order chi connectivity index (χ1) is 13.5. The van der Waals surface area contributed by atoms with E-state index in [4.69, 9.17) is 14.2 Å². The van der Waals surface area contributed by atoms with Gasteiger partial charge in [-0.3, -0.25) is 4.79 Å². The van der Waals surface area contributed by atoms with Crippen LogP contribution in [0.1, 0.15) is 58.3 Å². The van der Waals surface area contributed by atoms with Gasteiger partial charge < -0.3 is 23.7 Å². The molecule has 0 aromatic carbocycles. The van der Waals surface area contributed by atoms with Crippen LogP contribution in [0.15, 0.2) is 12.2 Å². The van der Waals surface area contributed by atoms with Crippen molar-refractivity contribution in [3.05, 3.63) is 12.2 Å². The van der Waals surface area contributed by atoms with Crippen molar-refractivity contribution in [2.45, 2.75) is 76.8 Å². The van der Waals surface area contributed by atoms with Crippen LogP contribution < -0.4 is 0 Å². The van der Waals surface area contributed by atoms with Gasteiger partial charge in [-0.1, -0.05) is 12.5 Å². The summed E-state index contributed by atoms with van der Waals surface area (Å²) in [6.07, 6.45) is 9.97. The highest BCUT2D eigenvalue weighted by atomic mass is 16.7. The molecule has 0 aromatic rings. The Morgan fingerprint density at radius 1 is 1.18 bits per heavy atom. The summed E-state index contributed by atoms with van der Waals surface area (Å²) in [5.41, 5.74) is 0. The van der Waals surface area contributed by atoms with Crippen molar-refractivity contribution >= 4 is 18.2 Å². The standard InChI is InChI=1S/C21H32O7/c1-15(23)27-18-13-19(28-21-11-7-8-12-26-21)17(14-22)16(18)9-5-3-4-6-10-20(24)25-2/h6,10,14,16-19,21H,3-5,7-9,11-13H2,1-2H3/b10-6+/t16-,17-,18+,19-,21?/m1/s1. The molecule has 0 bridgehead atoms. The van der Waals surface area contributed by atoms with E-state index in [2.05, 4.69) is 4.74 Å². The van der Waals surface area contributed by atoms with Gasteiger partial charge in [0.15, 0.2) is 6.29 Å². The van der Waals surface area contributed by atoms with Crippen LogP contribution in [0.4, 0.5) is 0 Å². The van der Waals surface area contributed by atoms with Crippen molar-refractivity contribution in [3.8, 4) is 0 Å². The first-order valence-corrected chi connectivity index (χ1v) is 10.2. The van der Waals surface area contributed by atoms with Crippen LogP contribution in [-0.4, -0.2) is 50.4 Å². The van der Waals surface area contributed by atoms with Crippen LogP contribution in [-0.2, 0) is 33.3 Å². The normalized spacial score (nSPS) is 30.3. The third-order valence-electron chi connectivity index (χ3n) is 5.42. The van der Waals surface area contributed by atoms with Crippen LogP contribution in [0.5, 0.6) is 0 Å². The van der Waals surface area contributed by atoms with Gasteiger partial charge in [0.25, 0.3) is 0 Å². The Morgan fingerprint density at radius 3 is 2.64 bits per heavy atom. The molecule has 0 aromatic heterocycles. The molecule has 0 N–H and O–H groups in total. The molecule has 1 aliphatic carbocycles. The van der Waals surface area contributed by atoms with E-state index in [9.17, 15) is 14.4 Å². The van der Waals surface area contributed by atoms with Gasteiger partial charge in [0.2, 0.25) is 0 Å². The van der Waals surface area contributed by atoms with Crippen molar-refractivity contribution in [1.82, 2.24) is 0 Å². The second kappa shape index (κ2) is 12.0. The van der Waals surface area contributed by atoms with E-state index >= 15 is 0 Å². The Balaban J connectivity index is 1.89. The fourth-order valence-electron chi connectivity index (χ4n) is 4.05. The summed E-state index contributed by atoms with van der Waals surface area (Å²) in [7, 11) is 1.35. The number of allylic oxidation sites excluding steroid dienone is 1. The van der Waals surface area contributed by atoms with Gasteiger partial charge in [0, 0.05) is 37.9 Å². The van der Waals surface area contributed by atoms with Gasteiger partial charge >= 0.3 is 11.9 Å². The molecule has 1 heterocycles. The van der Waals surface area contributed by atoms with E-state index in [1.165, 1.54) is 20.1 Å². The lowest BCUT2D eigenvalue weighted by Crippen LogP contribution is -2.32. The van der Waals surface area contributed by atoms with Gasteiger partial charge in [-0.05, 0) is 38.5 Å². The van der Waals surface area contributed by atoms with Crippen molar-refractivity contribution in [2.75, 3.05) is 13.7 Å². The summed E-state index contributed by atoms with van der Waals surface area (Å²) >= 11 is 0. The quantitative estimate of drug-likeness (QED) is 0.243. The number of rotatable bonds is 10. The summed E-state index contributed by atoms with van der Waals surface area (Å²) < 4.78 is 21.8. The molecule has 2 aliphatic rings. The zero-order chi connectivity index (χ0) is 20.4. The Morgan fingerprint density at radius 2 is 2.00 bits per heavy atom. The monoisotopic (exact) mass is 396 g/mol. The predicted octanol–water partition coefficient (Wildman–Crippen LogP) is 2.95. The molecule has 5 atom stereocenters. The Labute approximate surface area is 166 Å². The van der Waals surface area contributed by atoms with E-state index < -0.39 is 0 Å². The second-order valence-electron chi connectivity index (χ2n) is 7.44. The summed E-state index contributed by atoms with van der Waals surface area (Å²) in [5.74, 6) is -1.06. The van der Waals surface area contributed by atoms with Gasteiger partial charge in [-0.25, -0.2) is 4.79 Å². The molecule has 1 saturated heterocycles. The number of hydrogen-bond donors (Lipinski definition) is 0. The van der Waals surface area contributed by atoms with E-state index in [0.717, 1.165) is 51.2 Å². The number of methoxy groups -OCH3 is 1. The summed E-state index contributed by atoms with van der Waals surface area (Å²) in [6, 6.07) is 0. The molecular weight excluding hydrogens is 364 g/mol. The van der Waals surface area contributed by atoms with Crippen LogP contribution in [0, 0.1) is 11.8 Å². The number of aldehydes is 1. The number of esters is 2. The molecule has 2 rings (SSSR count). The molecule has 1 aliphatic heterocycles. The SMILES string of the molecule is COC(=O)/C=C/CCCC[C@@H]1[C@@H](C=O)[C@H](OC2CCCCO2)C[C@@H]1OC(C)=O. The molecule has 1 unspecified atom stereocenters. The fraction of sp³-hybridized carbons (Fsp3) is 0.762. The van der Waals surface area contributed by atoms with Crippen molar-refractivity contribution in [1.29, 1.82) is 0 Å². The van der Waals surface area contributed by atoms with Crippen LogP contribution in [0.2, 0.25) is 0 Å². The molecule has 0 amide bonds. The summed E-state index contributed by atoms with van der Waals surface area (Å²) in [4.78, 5) is 34.4. The number of hydrogen-bond acceptors (Lipinski definition) is 7. The Hall–Kier alpha value is -1.73. The molecule has 2 fully saturated rings. The van der Waals surface area contributed by atoms with E-state index in [1.54, 1.807) is 6.08 Å². The highest BCUT2D eigenvalue weighted by Crippen LogP contribution is 2.39. The third-order valence-corrected chi connectivity index (χ3v) is 5.42. The maximum Gasteiger partial charge on any atom is 0.330 e. The number of ether oxygens (including phenoxy) is 4. The van der Waals surface area contributed by atoms with Crippen LogP contribution in [0.25, 0.3) is 0 Å². The van der Waals surface area contributed by atoms with Crippen LogP contribution >= 0.6 is 0 Å². The van der Waals surface area contributed by atoms with E-state index in [-0.39, 0.29) is 42.3 Å². The first-order valence-electron chi connectivity index (χ1n) is 10.2. The number of carbonyl (C=O) groups excluding carboxylic acids is 3. The number of carbonyl (C=O) groups is 3. The fourth-order valence-corrected chi connectivity index (χ4v) is 4.05. The minimum Gasteiger partial charge on any atom is -0.466 e. The van der Waals surface area contributed by atoms with Gasteiger partial charge in [-0.15, -0.1) is 0 Å². The smallest absolute Gasteiger partial charge is 0.330 e. The van der Waals surface area contributed by atoms with Crippen LogP contribution in [0.3, 0.4) is 0 Å². The molecule has 158 valence electrons. The zero-order valence-electron chi connectivity index (χ0n) is 16.8. The largest absolute Gasteiger partial charge is 0.466 e. The van der Waals surface area contributed by atoms with Crippen molar-refractivity contribution in [3.63, 3.8) is 0 Å². The van der Waals surface area contributed by atoms with Crippen molar-refractivity contribution < 1.29 is 33.3 Å². The lowest BCUT2D eigenvalue weighted by Gasteiger charge is -2.28. The lowest BCUT2D eigenvalue weighted by molar-refractivity contribution is -0.195. The first kappa shape index (κ1) is 22.6. The molecule has 7 heteroatoms. The third kappa shape index (κ3) is 7.02. The highest BCUT2D eigenvalue weighted by Gasteiger charge is 2.46. The van der Waals surface area contributed by atoms with E-state index in [0.29, 0.717) is 13.0 Å². The molecule has 28 heavy (non-hydrogen) atoms. The average molecular weight is 396 g/mol. The molecule has 0 spiro atoms. The minimum absolute atomic E-state index is 0.0559. The molecule has 1 saturated carbocycles. The average Bonchev–Trinajstić information content (AvgIpc) is 3.00. The Bertz CT molecular complexity index is 539. The zero-order valence-corrected chi connectivity index (χ0v) is 16.8. The topological polar surface area (TPSA) is 88.1 Å². The van der Waals surface area contributed by atoms with Crippen molar-refractivity contribution in [2.24, 2.45) is 11.8 Å². The van der Waals surface area contributed by atoms with E-state index in [1.807, 2.05) is 0 Å². The maximum atomic E-state index is 11.8. The molecular formula is C21H32O7. The molecule has 0 radical (unpaired) electrons. The second-order valence-corrected chi connectivity index (χ2v) is 7.44. The van der Waals surface area contributed by atoms with Gasteiger partial charge in [0.05, 0.1) is 13.2 Å². The molecule has 7 nitrogen and oxygen atoms in total. The summed E-state index contributed by atoms with van der Waals surface area (Å²) in [6.45, 7) is 2.07. The summed E-state index contributed by atoms with van der Waals surface area (Å²) in [5, 5.41) is 0. The Kier molecular flexibility index (Phi) is 9.64. The van der Waals surface area contributed by atoms with Gasteiger partial charge in [0.1, 0.15) is 12.4 Å².